The Morgan fingerprint density at radius 3 is 2.50 bits per heavy atom. The van der Waals surface area contributed by atoms with E-state index in [4.69, 9.17) is 4.74 Å². The summed E-state index contributed by atoms with van der Waals surface area (Å²) in [5.74, 6) is -0.258. The lowest BCUT2D eigenvalue weighted by Crippen LogP contribution is -2.24. The Hall–Kier alpha value is -2.99. The minimum absolute atomic E-state index is 0.158. The Morgan fingerprint density at radius 2 is 1.77 bits per heavy atom. The molecule has 0 atom stereocenters. The van der Waals surface area contributed by atoms with Crippen molar-refractivity contribution in [3.63, 3.8) is 0 Å². The minimum atomic E-state index is -0.258. The minimum Gasteiger partial charge on any atom is -0.374 e. The molecule has 3 aromatic rings. The van der Waals surface area contributed by atoms with Gasteiger partial charge in [0.05, 0.1) is 24.6 Å². The molecule has 1 heterocycles. The second kappa shape index (κ2) is 8.40. The van der Waals surface area contributed by atoms with Gasteiger partial charge in [-0.3, -0.25) is 4.79 Å². The fourth-order valence-corrected chi connectivity index (χ4v) is 2.45. The van der Waals surface area contributed by atoms with Crippen LogP contribution < -0.4 is 5.32 Å². The summed E-state index contributed by atoms with van der Waals surface area (Å²) < 4.78 is 5.67. The van der Waals surface area contributed by atoms with Crippen LogP contribution in [0.3, 0.4) is 0 Å². The van der Waals surface area contributed by atoms with Crippen molar-refractivity contribution in [1.29, 1.82) is 0 Å². The summed E-state index contributed by atoms with van der Waals surface area (Å²) in [6.07, 6.45) is 1.63. The highest BCUT2D eigenvalue weighted by atomic mass is 16.5. The number of carbonyl (C=O) groups is 1. The topological polar surface area (TPSA) is 69.0 Å². The molecule has 1 aromatic heterocycles. The molecular formula is C20H22N4O2. The molecular weight excluding hydrogens is 328 g/mol. The molecule has 0 aliphatic rings. The molecule has 3 rings (SSSR count). The third-order valence-electron chi connectivity index (χ3n) is 3.84. The van der Waals surface area contributed by atoms with Crippen molar-refractivity contribution in [2.45, 2.75) is 33.1 Å². The number of para-hydroxylation sites is 1. The summed E-state index contributed by atoms with van der Waals surface area (Å²) >= 11 is 0. The number of hydrogen-bond donors (Lipinski definition) is 1. The van der Waals surface area contributed by atoms with Crippen LogP contribution in [0.4, 0.5) is 0 Å². The molecule has 0 radical (unpaired) electrons. The zero-order chi connectivity index (χ0) is 18.4. The fraction of sp³-hybridized carbons (Fsp3) is 0.250. The molecule has 0 fully saturated rings. The Morgan fingerprint density at radius 1 is 1.08 bits per heavy atom. The van der Waals surface area contributed by atoms with Gasteiger partial charge in [-0.1, -0.05) is 42.5 Å². The van der Waals surface area contributed by atoms with E-state index in [1.807, 2.05) is 68.4 Å². The van der Waals surface area contributed by atoms with Crippen LogP contribution in [0, 0.1) is 0 Å². The van der Waals surface area contributed by atoms with Gasteiger partial charge in [0.2, 0.25) is 0 Å². The summed E-state index contributed by atoms with van der Waals surface area (Å²) in [7, 11) is 0. The first-order valence-corrected chi connectivity index (χ1v) is 8.58. The fourth-order valence-electron chi connectivity index (χ4n) is 2.45. The third kappa shape index (κ3) is 4.55. The third-order valence-corrected chi connectivity index (χ3v) is 3.84. The second-order valence-corrected chi connectivity index (χ2v) is 6.17. The molecule has 6 nitrogen and oxygen atoms in total. The Labute approximate surface area is 152 Å². The van der Waals surface area contributed by atoms with E-state index in [1.165, 1.54) is 11.0 Å². The molecule has 6 heteroatoms. The molecule has 0 unspecified atom stereocenters. The van der Waals surface area contributed by atoms with Gasteiger partial charge in [0.25, 0.3) is 5.91 Å². The van der Waals surface area contributed by atoms with Crippen molar-refractivity contribution in [1.82, 2.24) is 20.3 Å². The van der Waals surface area contributed by atoms with Crippen molar-refractivity contribution >= 4 is 5.91 Å². The summed E-state index contributed by atoms with van der Waals surface area (Å²) in [5, 5.41) is 11.3. The van der Waals surface area contributed by atoms with Crippen molar-refractivity contribution < 1.29 is 9.53 Å². The highest BCUT2D eigenvalue weighted by Gasteiger charge is 2.12. The summed E-state index contributed by atoms with van der Waals surface area (Å²) in [4.78, 5) is 13.8. The van der Waals surface area contributed by atoms with Crippen LogP contribution in [0.2, 0.25) is 0 Å². The predicted molar refractivity (Wildman–Crippen MR) is 98.9 cm³/mol. The first kappa shape index (κ1) is 17.8. The number of ether oxygens (including phenoxy) is 1. The molecule has 0 aliphatic heterocycles. The maximum Gasteiger partial charge on any atom is 0.273 e. The lowest BCUT2D eigenvalue weighted by Gasteiger charge is -2.12. The molecule has 1 amide bonds. The van der Waals surface area contributed by atoms with Gasteiger partial charge < -0.3 is 10.1 Å². The van der Waals surface area contributed by atoms with Crippen LogP contribution in [0.1, 0.15) is 35.5 Å². The number of benzene rings is 2. The normalized spacial score (nSPS) is 10.9. The summed E-state index contributed by atoms with van der Waals surface area (Å²) in [6.45, 7) is 4.93. The van der Waals surface area contributed by atoms with Gasteiger partial charge in [0, 0.05) is 6.54 Å². The molecule has 0 bridgehead atoms. The van der Waals surface area contributed by atoms with Gasteiger partial charge in [-0.25, -0.2) is 0 Å². The van der Waals surface area contributed by atoms with E-state index >= 15 is 0 Å². The first-order chi connectivity index (χ1) is 12.6. The van der Waals surface area contributed by atoms with Crippen LogP contribution in [0.25, 0.3) is 5.69 Å². The predicted octanol–water partition coefficient (Wildman–Crippen LogP) is 3.12. The lowest BCUT2D eigenvalue weighted by atomic mass is 10.1. The summed E-state index contributed by atoms with van der Waals surface area (Å²) in [5.41, 5.74) is 3.18. The monoisotopic (exact) mass is 350 g/mol. The van der Waals surface area contributed by atoms with Gasteiger partial charge in [-0.2, -0.15) is 9.90 Å². The quantitative estimate of drug-likeness (QED) is 0.711. The van der Waals surface area contributed by atoms with Crippen LogP contribution in [-0.4, -0.2) is 27.0 Å². The molecule has 134 valence electrons. The number of aromatic nitrogens is 3. The molecule has 0 saturated heterocycles. The van der Waals surface area contributed by atoms with Crippen molar-refractivity contribution in [3.8, 4) is 5.69 Å². The zero-order valence-corrected chi connectivity index (χ0v) is 14.9. The Kier molecular flexibility index (Phi) is 5.76. The van der Waals surface area contributed by atoms with E-state index in [0.29, 0.717) is 13.2 Å². The number of amides is 1. The lowest BCUT2D eigenvalue weighted by molar-refractivity contribution is 0.0651. The highest BCUT2D eigenvalue weighted by molar-refractivity contribution is 5.91. The average Bonchev–Trinajstić information content (AvgIpc) is 3.16. The SMILES string of the molecule is CC(C)OCc1ccccc1CNC(=O)c1cnn(-c2ccccc2)n1. The zero-order valence-electron chi connectivity index (χ0n) is 14.9. The van der Waals surface area contributed by atoms with E-state index in [9.17, 15) is 4.79 Å². The number of hydrogen-bond acceptors (Lipinski definition) is 4. The molecule has 1 N–H and O–H groups in total. The average molecular weight is 350 g/mol. The van der Waals surface area contributed by atoms with Crippen molar-refractivity contribution in [2.24, 2.45) is 0 Å². The molecule has 2 aromatic carbocycles. The molecule has 0 saturated carbocycles. The number of carbonyl (C=O) groups excluding carboxylic acids is 1. The molecule has 0 spiro atoms. The Bertz CT molecular complexity index is 859. The largest absolute Gasteiger partial charge is 0.374 e. The Balaban J connectivity index is 1.64. The van der Waals surface area contributed by atoms with E-state index in [2.05, 4.69) is 15.5 Å². The molecule has 26 heavy (non-hydrogen) atoms. The first-order valence-electron chi connectivity index (χ1n) is 8.58. The van der Waals surface area contributed by atoms with Gasteiger partial charge >= 0.3 is 0 Å². The maximum absolute atomic E-state index is 12.4. The van der Waals surface area contributed by atoms with E-state index in [1.54, 1.807) is 0 Å². The van der Waals surface area contributed by atoms with Crippen LogP contribution in [0.15, 0.2) is 60.8 Å². The standard InChI is InChI=1S/C20H22N4O2/c1-15(2)26-14-17-9-7-6-8-16(17)12-21-20(25)19-13-22-24(23-19)18-10-4-3-5-11-18/h3-11,13,15H,12,14H2,1-2H3,(H,21,25). The smallest absolute Gasteiger partial charge is 0.273 e. The van der Waals surface area contributed by atoms with Crippen LogP contribution in [0.5, 0.6) is 0 Å². The number of nitrogens with zero attached hydrogens (tertiary/aromatic N) is 3. The van der Waals surface area contributed by atoms with Crippen LogP contribution in [-0.2, 0) is 17.9 Å². The van der Waals surface area contributed by atoms with Gasteiger partial charge in [0.1, 0.15) is 0 Å². The van der Waals surface area contributed by atoms with E-state index in [0.717, 1.165) is 16.8 Å². The van der Waals surface area contributed by atoms with Crippen molar-refractivity contribution in [3.05, 3.63) is 77.6 Å². The van der Waals surface area contributed by atoms with Gasteiger partial charge in [-0.05, 0) is 37.1 Å². The van der Waals surface area contributed by atoms with E-state index in [-0.39, 0.29) is 17.7 Å². The number of rotatable bonds is 7. The summed E-state index contributed by atoms with van der Waals surface area (Å²) in [6, 6.07) is 17.4. The van der Waals surface area contributed by atoms with Gasteiger partial charge in [0.15, 0.2) is 5.69 Å². The van der Waals surface area contributed by atoms with Gasteiger partial charge in [-0.15, -0.1) is 5.10 Å². The van der Waals surface area contributed by atoms with Crippen LogP contribution >= 0.6 is 0 Å². The second-order valence-electron chi connectivity index (χ2n) is 6.17. The highest BCUT2D eigenvalue weighted by Crippen LogP contribution is 2.11. The van der Waals surface area contributed by atoms with E-state index < -0.39 is 0 Å². The molecule has 0 aliphatic carbocycles. The maximum atomic E-state index is 12.4. The van der Waals surface area contributed by atoms with Crippen molar-refractivity contribution in [2.75, 3.05) is 0 Å². The number of nitrogens with one attached hydrogen (secondary N) is 1.